The average Bonchev–Trinajstić information content (AvgIpc) is 3.35. The number of ether oxygens (including phenoxy) is 1. The molecule has 0 atom stereocenters. The van der Waals surface area contributed by atoms with Gasteiger partial charge in [0, 0.05) is 17.9 Å². The number of rotatable bonds is 6. The number of fused-ring (bicyclic) bond motifs is 1. The molecule has 30 heavy (non-hydrogen) atoms. The summed E-state index contributed by atoms with van der Waals surface area (Å²) in [6.07, 6.45) is 1.72. The number of aryl methyl sites for hydroxylation is 1. The first-order valence-corrected chi connectivity index (χ1v) is 10.5. The van der Waals surface area contributed by atoms with Crippen molar-refractivity contribution in [1.29, 1.82) is 0 Å². The van der Waals surface area contributed by atoms with E-state index in [0.717, 1.165) is 27.4 Å². The number of amides is 1. The van der Waals surface area contributed by atoms with Gasteiger partial charge in [-0.15, -0.1) is 0 Å². The van der Waals surface area contributed by atoms with E-state index in [1.165, 1.54) is 11.3 Å². The highest BCUT2D eigenvalue weighted by atomic mass is 32.1. The highest BCUT2D eigenvalue weighted by Crippen LogP contribution is 2.33. The molecule has 8 heteroatoms. The topological polar surface area (TPSA) is 73.1 Å². The minimum atomic E-state index is -0.200. The van der Waals surface area contributed by atoms with Crippen LogP contribution >= 0.6 is 11.3 Å². The van der Waals surface area contributed by atoms with Crippen molar-refractivity contribution < 1.29 is 9.53 Å². The van der Waals surface area contributed by atoms with Crippen LogP contribution in [0.2, 0.25) is 0 Å². The van der Waals surface area contributed by atoms with Crippen LogP contribution in [0, 0.1) is 6.92 Å². The van der Waals surface area contributed by atoms with Crippen LogP contribution in [-0.4, -0.2) is 32.8 Å². The Balaban J connectivity index is 1.76. The summed E-state index contributed by atoms with van der Waals surface area (Å²) in [5.41, 5.74) is 2.94. The Bertz CT molecular complexity index is 1180. The molecule has 0 fully saturated rings. The molecule has 0 saturated heterocycles. The van der Waals surface area contributed by atoms with Crippen LogP contribution < -0.4 is 9.64 Å². The number of benzene rings is 1. The quantitative estimate of drug-likeness (QED) is 0.454. The third kappa shape index (κ3) is 3.91. The lowest BCUT2D eigenvalue weighted by molar-refractivity contribution is 0.0979. The van der Waals surface area contributed by atoms with Crippen LogP contribution in [0.15, 0.2) is 48.7 Å². The Labute approximate surface area is 179 Å². The minimum absolute atomic E-state index is 0.172. The zero-order chi connectivity index (χ0) is 21.3. The Kier molecular flexibility index (Phi) is 5.50. The fourth-order valence-electron chi connectivity index (χ4n) is 3.27. The molecule has 0 saturated carbocycles. The maximum atomic E-state index is 13.5. The van der Waals surface area contributed by atoms with Gasteiger partial charge in [0.25, 0.3) is 5.91 Å². The van der Waals surface area contributed by atoms with Crippen LogP contribution in [0.4, 0.5) is 5.13 Å². The van der Waals surface area contributed by atoms with Gasteiger partial charge in [-0.1, -0.05) is 17.4 Å². The predicted molar refractivity (Wildman–Crippen MR) is 118 cm³/mol. The number of hydrogen-bond donors (Lipinski definition) is 0. The van der Waals surface area contributed by atoms with Crippen LogP contribution in [-0.2, 0) is 6.54 Å². The molecule has 0 spiro atoms. The van der Waals surface area contributed by atoms with Crippen molar-refractivity contribution >= 4 is 32.6 Å². The smallest absolute Gasteiger partial charge is 0.280 e. The summed E-state index contributed by atoms with van der Waals surface area (Å²) in [5.74, 6) is 0.556. The van der Waals surface area contributed by atoms with Crippen LogP contribution in [0.25, 0.3) is 10.2 Å². The predicted octanol–water partition coefficient (Wildman–Crippen LogP) is 4.63. The second-order valence-electron chi connectivity index (χ2n) is 7.25. The van der Waals surface area contributed by atoms with Gasteiger partial charge in [0.15, 0.2) is 10.8 Å². The third-order valence-corrected chi connectivity index (χ3v) is 5.78. The summed E-state index contributed by atoms with van der Waals surface area (Å²) in [5, 5.41) is 5.14. The molecule has 7 nitrogen and oxygen atoms in total. The molecule has 154 valence electrons. The molecule has 0 radical (unpaired) electrons. The SMILES string of the molecule is COc1ccc2nc(N(Cc3ccccn3)C(=O)c3cc(C)n(C(C)C)n3)sc2c1. The summed E-state index contributed by atoms with van der Waals surface area (Å²) in [6, 6.07) is 13.3. The van der Waals surface area contributed by atoms with Gasteiger partial charge >= 0.3 is 0 Å². The van der Waals surface area contributed by atoms with Crippen molar-refractivity contribution in [3.63, 3.8) is 0 Å². The Hall–Kier alpha value is -3.26. The Morgan fingerprint density at radius 2 is 2.07 bits per heavy atom. The molecular weight excluding hydrogens is 398 g/mol. The Morgan fingerprint density at radius 1 is 1.23 bits per heavy atom. The normalized spacial score (nSPS) is 11.2. The molecule has 0 aliphatic heterocycles. The van der Waals surface area contributed by atoms with E-state index < -0.39 is 0 Å². The van der Waals surface area contributed by atoms with Crippen molar-refractivity contribution in [2.75, 3.05) is 12.0 Å². The number of aromatic nitrogens is 4. The van der Waals surface area contributed by atoms with Gasteiger partial charge in [-0.3, -0.25) is 19.4 Å². The van der Waals surface area contributed by atoms with Crippen LogP contribution in [0.3, 0.4) is 0 Å². The van der Waals surface area contributed by atoms with Gasteiger partial charge in [-0.05, 0) is 57.2 Å². The van der Waals surface area contributed by atoms with Gasteiger partial charge < -0.3 is 4.74 Å². The maximum absolute atomic E-state index is 13.5. The fraction of sp³-hybridized carbons (Fsp3) is 0.273. The first-order chi connectivity index (χ1) is 14.5. The largest absolute Gasteiger partial charge is 0.497 e. The van der Waals surface area contributed by atoms with Gasteiger partial charge in [0.05, 0.1) is 29.6 Å². The molecule has 4 rings (SSSR count). The first kappa shape index (κ1) is 20.0. The van der Waals surface area contributed by atoms with Gasteiger partial charge in [0.2, 0.25) is 0 Å². The molecule has 1 aromatic carbocycles. The molecule has 3 aromatic heterocycles. The molecule has 3 heterocycles. The summed E-state index contributed by atoms with van der Waals surface area (Å²) < 4.78 is 8.13. The number of nitrogens with zero attached hydrogens (tertiary/aromatic N) is 5. The summed E-state index contributed by atoms with van der Waals surface area (Å²) in [6.45, 7) is 6.35. The van der Waals surface area contributed by atoms with E-state index in [1.807, 2.05) is 67.9 Å². The van der Waals surface area contributed by atoms with E-state index in [-0.39, 0.29) is 11.9 Å². The number of carbonyl (C=O) groups is 1. The summed E-state index contributed by atoms with van der Waals surface area (Å²) in [4.78, 5) is 24.2. The van der Waals surface area contributed by atoms with Gasteiger partial charge in [0.1, 0.15) is 5.75 Å². The van der Waals surface area contributed by atoms with E-state index in [1.54, 1.807) is 18.2 Å². The number of hydrogen-bond acceptors (Lipinski definition) is 6. The van der Waals surface area contributed by atoms with Crippen molar-refractivity contribution in [1.82, 2.24) is 19.7 Å². The molecule has 0 bridgehead atoms. The van der Waals surface area contributed by atoms with Crippen molar-refractivity contribution in [3.05, 3.63) is 65.7 Å². The van der Waals surface area contributed by atoms with Crippen molar-refractivity contribution in [2.24, 2.45) is 0 Å². The molecule has 0 N–H and O–H groups in total. The highest BCUT2D eigenvalue weighted by molar-refractivity contribution is 7.22. The molecule has 0 aliphatic carbocycles. The van der Waals surface area contributed by atoms with Crippen molar-refractivity contribution in [2.45, 2.75) is 33.4 Å². The molecule has 4 aromatic rings. The number of carbonyl (C=O) groups excluding carboxylic acids is 1. The van der Waals surface area contributed by atoms with E-state index in [4.69, 9.17) is 9.72 Å². The number of anilines is 1. The van der Waals surface area contributed by atoms with Gasteiger partial charge in [-0.2, -0.15) is 5.10 Å². The van der Waals surface area contributed by atoms with Crippen LogP contribution in [0.1, 0.15) is 41.8 Å². The molecule has 1 amide bonds. The van der Waals surface area contributed by atoms with E-state index >= 15 is 0 Å². The first-order valence-electron chi connectivity index (χ1n) is 9.68. The lowest BCUT2D eigenvalue weighted by atomic mass is 10.3. The lowest BCUT2D eigenvalue weighted by Gasteiger charge is -2.18. The zero-order valence-corrected chi connectivity index (χ0v) is 18.2. The molecule has 0 aliphatic rings. The standard InChI is InChI=1S/C22H23N5O2S/c1-14(2)27-15(3)11-19(25-27)21(28)26(13-16-7-5-6-10-23-16)22-24-18-9-8-17(29-4)12-20(18)30-22/h5-12,14H,13H2,1-4H3. The monoisotopic (exact) mass is 421 g/mol. The highest BCUT2D eigenvalue weighted by Gasteiger charge is 2.25. The van der Waals surface area contributed by atoms with Gasteiger partial charge in [-0.25, -0.2) is 4.98 Å². The second-order valence-corrected chi connectivity index (χ2v) is 8.26. The zero-order valence-electron chi connectivity index (χ0n) is 17.4. The number of methoxy groups -OCH3 is 1. The van der Waals surface area contributed by atoms with Crippen LogP contribution in [0.5, 0.6) is 5.75 Å². The third-order valence-electron chi connectivity index (χ3n) is 4.74. The molecule has 0 unspecified atom stereocenters. The minimum Gasteiger partial charge on any atom is -0.497 e. The lowest BCUT2D eigenvalue weighted by Crippen LogP contribution is -2.31. The Morgan fingerprint density at radius 3 is 2.73 bits per heavy atom. The fourth-order valence-corrected chi connectivity index (χ4v) is 4.26. The van der Waals surface area contributed by atoms with E-state index in [0.29, 0.717) is 17.4 Å². The van der Waals surface area contributed by atoms with E-state index in [2.05, 4.69) is 10.1 Å². The number of thiazole rings is 1. The summed E-state index contributed by atoms with van der Waals surface area (Å²) in [7, 11) is 1.63. The average molecular weight is 422 g/mol. The second kappa shape index (κ2) is 8.23. The maximum Gasteiger partial charge on any atom is 0.280 e. The van der Waals surface area contributed by atoms with E-state index in [9.17, 15) is 4.79 Å². The van der Waals surface area contributed by atoms with Crippen molar-refractivity contribution in [3.8, 4) is 5.75 Å². The summed E-state index contributed by atoms with van der Waals surface area (Å²) >= 11 is 1.45. The molecular formula is C22H23N5O2S. The number of pyridine rings is 1.